The van der Waals surface area contributed by atoms with Gasteiger partial charge in [0.1, 0.15) is 0 Å². The second-order valence-corrected chi connectivity index (χ2v) is 8.81. The van der Waals surface area contributed by atoms with Crippen molar-refractivity contribution in [3.63, 3.8) is 0 Å². The van der Waals surface area contributed by atoms with E-state index >= 15 is 0 Å². The fraction of sp³-hybridized carbons (Fsp3) is 0.591. The van der Waals surface area contributed by atoms with E-state index in [4.69, 9.17) is 4.42 Å². The minimum atomic E-state index is -0.302. The first-order valence-corrected chi connectivity index (χ1v) is 10.7. The van der Waals surface area contributed by atoms with Gasteiger partial charge in [0.15, 0.2) is 0 Å². The second-order valence-electron chi connectivity index (χ2n) is 8.81. The molecule has 5 rings (SSSR count). The van der Waals surface area contributed by atoms with Crippen molar-refractivity contribution >= 4 is 11.9 Å². The van der Waals surface area contributed by atoms with Crippen LogP contribution in [0.4, 0.5) is 5.95 Å². The van der Waals surface area contributed by atoms with E-state index < -0.39 is 0 Å². The minimum absolute atomic E-state index is 0.000100. The van der Waals surface area contributed by atoms with Gasteiger partial charge in [-0.3, -0.25) is 9.69 Å². The molecule has 5 heterocycles. The van der Waals surface area contributed by atoms with Crippen molar-refractivity contribution in [2.75, 3.05) is 44.2 Å². The highest BCUT2D eigenvalue weighted by Crippen LogP contribution is 2.58. The van der Waals surface area contributed by atoms with Gasteiger partial charge in [0.25, 0.3) is 0 Å². The average molecular weight is 396 g/mol. The Morgan fingerprint density at radius 3 is 2.55 bits per heavy atom. The number of hydrogen-bond acceptors (Lipinski definition) is 6. The van der Waals surface area contributed by atoms with E-state index in [1.165, 1.54) is 5.56 Å². The van der Waals surface area contributed by atoms with Crippen LogP contribution in [0.2, 0.25) is 0 Å². The topological polar surface area (TPSA) is 65.7 Å². The quantitative estimate of drug-likeness (QED) is 0.792. The molecule has 154 valence electrons. The monoisotopic (exact) mass is 395 g/mol. The molecule has 0 saturated carbocycles. The van der Waals surface area contributed by atoms with Crippen molar-refractivity contribution in [2.24, 2.45) is 10.8 Å². The maximum absolute atomic E-state index is 13.6. The summed E-state index contributed by atoms with van der Waals surface area (Å²) in [6.45, 7) is 8.31. The summed E-state index contributed by atoms with van der Waals surface area (Å²) in [5, 5.41) is 0. The lowest BCUT2D eigenvalue weighted by Gasteiger charge is -2.46. The van der Waals surface area contributed by atoms with E-state index in [2.05, 4.69) is 31.6 Å². The summed E-state index contributed by atoms with van der Waals surface area (Å²) in [6.07, 6.45) is 10.2. The summed E-state index contributed by atoms with van der Waals surface area (Å²) in [4.78, 5) is 29.4. The summed E-state index contributed by atoms with van der Waals surface area (Å²) in [6, 6.07) is 3.88. The maximum Gasteiger partial charge on any atom is 0.231 e. The van der Waals surface area contributed by atoms with Gasteiger partial charge >= 0.3 is 0 Å². The molecule has 2 aromatic rings. The van der Waals surface area contributed by atoms with Crippen LogP contribution >= 0.6 is 0 Å². The zero-order valence-corrected chi connectivity index (χ0v) is 17.1. The fourth-order valence-electron chi connectivity index (χ4n) is 5.86. The molecule has 2 aromatic heterocycles. The molecule has 29 heavy (non-hydrogen) atoms. The molecule has 3 aliphatic rings. The van der Waals surface area contributed by atoms with E-state index in [0.29, 0.717) is 5.91 Å². The predicted molar refractivity (Wildman–Crippen MR) is 109 cm³/mol. The second kappa shape index (κ2) is 7.13. The normalized spacial score (nSPS) is 26.9. The molecule has 0 aromatic carbocycles. The van der Waals surface area contributed by atoms with E-state index in [-0.39, 0.29) is 10.8 Å². The van der Waals surface area contributed by atoms with Crippen molar-refractivity contribution in [3.05, 3.63) is 42.6 Å². The van der Waals surface area contributed by atoms with Crippen LogP contribution in [0.5, 0.6) is 0 Å². The number of rotatable bonds is 4. The van der Waals surface area contributed by atoms with Gasteiger partial charge in [-0.1, -0.05) is 0 Å². The number of furan rings is 1. The molecule has 0 N–H and O–H groups in total. The van der Waals surface area contributed by atoms with Crippen molar-refractivity contribution in [3.8, 4) is 0 Å². The number of carbonyl (C=O) groups is 1. The number of amides is 1. The third-order valence-electron chi connectivity index (χ3n) is 7.49. The Kier molecular flexibility index (Phi) is 4.57. The average Bonchev–Trinajstić information content (AvgIpc) is 3.46. The number of likely N-dealkylation sites (tertiary alicyclic amines) is 2. The van der Waals surface area contributed by atoms with Gasteiger partial charge in [-0.15, -0.1) is 0 Å². The molecule has 0 aliphatic carbocycles. The molecule has 1 amide bonds. The molecule has 0 bridgehead atoms. The zero-order chi connectivity index (χ0) is 19.9. The number of hydrogen-bond donors (Lipinski definition) is 0. The van der Waals surface area contributed by atoms with Crippen LogP contribution in [0.25, 0.3) is 0 Å². The van der Waals surface area contributed by atoms with Crippen LogP contribution in [0.15, 0.2) is 41.5 Å². The number of carbonyl (C=O) groups excluding carboxylic acids is 1. The lowest BCUT2D eigenvalue weighted by atomic mass is 9.60. The molecule has 3 saturated heterocycles. The SMILES string of the molecule is CCN1CCC2(CN(c3ncccn3)CC23CCN(Cc2ccoc2)CC3)C1=O. The highest BCUT2D eigenvalue weighted by Gasteiger charge is 2.65. The standard InChI is InChI=1S/C22H29N5O2/c1-2-26-12-7-22(19(26)28)17-27(20-23-8-3-9-24-20)16-21(22)5-10-25(11-6-21)14-18-4-13-29-15-18/h3-4,8-9,13,15H,2,5-7,10-12,14,16-17H2,1H3. The molecule has 7 nitrogen and oxygen atoms in total. The Morgan fingerprint density at radius 2 is 1.90 bits per heavy atom. The Hall–Kier alpha value is -2.41. The first-order valence-electron chi connectivity index (χ1n) is 10.7. The highest BCUT2D eigenvalue weighted by molar-refractivity contribution is 5.87. The molecule has 3 fully saturated rings. The van der Waals surface area contributed by atoms with Gasteiger partial charge in [0.2, 0.25) is 11.9 Å². The third kappa shape index (κ3) is 2.94. The summed E-state index contributed by atoms with van der Waals surface area (Å²) in [7, 11) is 0. The number of nitrogens with zero attached hydrogens (tertiary/aromatic N) is 5. The number of piperidine rings is 1. The molecular weight excluding hydrogens is 366 g/mol. The summed E-state index contributed by atoms with van der Waals surface area (Å²) >= 11 is 0. The Labute approximate surface area is 171 Å². The molecule has 7 heteroatoms. The van der Waals surface area contributed by atoms with Gasteiger partial charge in [-0.25, -0.2) is 9.97 Å². The van der Waals surface area contributed by atoms with Gasteiger partial charge < -0.3 is 14.2 Å². The molecule has 1 unspecified atom stereocenters. The Balaban J connectivity index is 1.41. The van der Waals surface area contributed by atoms with E-state index in [0.717, 1.165) is 71.0 Å². The van der Waals surface area contributed by atoms with Crippen LogP contribution in [-0.4, -0.2) is 64.9 Å². The third-order valence-corrected chi connectivity index (χ3v) is 7.49. The molecule has 1 atom stereocenters. The summed E-state index contributed by atoms with van der Waals surface area (Å²) in [5.74, 6) is 1.11. The number of anilines is 1. The first-order chi connectivity index (χ1) is 14.2. The fourth-order valence-corrected chi connectivity index (χ4v) is 5.86. The van der Waals surface area contributed by atoms with E-state index in [1.54, 1.807) is 18.7 Å². The summed E-state index contributed by atoms with van der Waals surface area (Å²) in [5.41, 5.74) is 0.917. The van der Waals surface area contributed by atoms with Crippen LogP contribution in [0.3, 0.4) is 0 Å². The lowest BCUT2D eigenvalue weighted by molar-refractivity contribution is -0.142. The Morgan fingerprint density at radius 1 is 1.10 bits per heavy atom. The van der Waals surface area contributed by atoms with Crippen molar-refractivity contribution in [1.29, 1.82) is 0 Å². The Bertz CT molecular complexity index is 847. The zero-order valence-electron chi connectivity index (χ0n) is 17.1. The van der Waals surface area contributed by atoms with Crippen LogP contribution in [-0.2, 0) is 11.3 Å². The van der Waals surface area contributed by atoms with Crippen LogP contribution < -0.4 is 4.90 Å². The highest BCUT2D eigenvalue weighted by atomic mass is 16.3. The van der Waals surface area contributed by atoms with Crippen molar-refractivity contribution in [2.45, 2.75) is 32.7 Å². The van der Waals surface area contributed by atoms with Crippen LogP contribution in [0, 0.1) is 10.8 Å². The van der Waals surface area contributed by atoms with Crippen molar-refractivity contribution in [1.82, 2.24) is 19.8 Å². The van der Waals surface area contributed by atoms with Gasteiger partial charge in [0, 0.05) is 56.1 Å². The predicted octanol–water partition coefficient (Wildman–Crippen LogP) is 2.41. The van der Waals surface area contributed by atoms with E-state index in [1.807, 2.05) is 18.4 Å². The van der Waals surface area contributed by atoms with Gasteiger partial charge in [-0.2, -0.15) is 0 Å². The molecule has 3 aliphatic heterocycles. The lowest BCUT2D eigenvalue weighted by Crippen LogP contribution is -2.52. The van der Waals surface area contributed by atoms with Gasteiger partial charge in [-0.05, 0) is 51.4 Å². The van der Waals surface area contributed by atoms with Crippen molar-refractivity contribution < 1.29 is 9.21 Å². The number of aromatic nitrogens is 2. The maximum atomic E-state index is 13.6. The molecule has 2 spiro atoms. The largest absolute Gasteiger partial charge is 0.472 e. The smallest absolute Gasteiger partial charge is 0.231 e. The van der Waals surface area contributed by atoms with E-state index in [9.17, 15) is 4.79 Å². The molecule has 0 radical (unpaired) electrons. The first kappa shape index (κ1) is 18.6. The van der Waals surface area contributed by atoms with Gasteiger partial charge in [0.05, 0.1) is 17.9 Å². The minimum Gasteiger partial charge on any atom is -0.472 e. The summed E-state index contributed by atoms with van der Waals surface area (Å²) < 4.78 is 5.23. The number of fused-ring (bicyclic) bond motifs is 1. The molecular formula is C22H29N5O2. The van der Waals surface area contributed by atoms with Crippen LogP contribution in [0.1, 0.15) is 31.7 Å².